The van der Waals surface area contributed by atoms with Crippen LogP contribution in [0.1, 0.15) is 23.3 Å². The summed E-state index contributed by atoms with van der Waals surface area (Å²) in [7, 11) is 0. The van der Waals surface area contributed by atoms with Crippen molar-refractivity contribution in [2.24, 2.45) is 0 Å². The molecule has 3 heterocycles. The molecule has 0 atom stereocenters. The number of fused-ring (bicyclic) bond motifs is 1. The van der Waals surface area contributed by atoms with E-state index in [0.29, 0.717) is 21.8 Å². The molecule has 27 heavy (non-hydrogen) atoms. The number of piperidine rings is 1. The molecule has 2 aliphatic rings. The van der Waals surface area contributed by atoms with E-state index in [1.807, 2.05) is 16.2 Å². The smallest absolute Gasteiger partial charge is 0.260 e. The molecule has 4 rings (SSSR count). The predicted molar refractivity (Wildman–Crippen MR) is 110 cm³/mol. The van der Waals surface area contributed by atoms with Gasteiger partial charge >= 0.3 is 0 Å². The Morgan fingerprint density at radius 3 is 2.78 bits per heavy atom. The molecule has 2 aromatic rings. The van der Waals surface area contributed by atoms with Crippen molar-refractivity contribution in [3.05, 3.63) is 50.1 Å². The summed E-state index contributed by atoms with van der Waals surface area (Å²) in [5.41, 5.74) is 1.48. The lowest BCUT2D eigenvalue weighted by atomic mass is 9.99. The minimum absolute atomic E-state index is 0.00793. The molecule has 0 bridgehead atoms. The highest BCUT2D eigenvalue weighted by Gasteiger charge is 2.29. The van der Waals surface area contributed by atoms with Crippen LogP contribution in [0.25, 0.3) is 0 Å². The second kappa shape index (κ2) is 8.39. The molecule has 144 valence electrons. The molecule has 4 nitrogen and oxygen atoms in total. The summed E-state index contributed by atoms with van der Waals surface area (Å²) < 4.78 is 5.59. The van der Waals surface area contributed by atoms with E-state index in [9.17, 15) is 4.79 Å². The predicted octanol–water partition coefficient (Wildman–Crippen LogP) is 4.48. The van der Waals surface area contributed by atoms with Gasteiger partial charge in [0.1, 0.15) is 5.75 Å². The maximum Gasteiger partial charge on any atom is 0.260 e. The first-order valence-corrected chi connectivity index (χ1v) is 10.9. The average molecular weight is 425 g/mol. The lowest BCUT2D eigenvalue weighted by molar-refractivity contribution is -0.135. The van der Waals surface area contributed by atoms with E-state index < -0.39 is 0 Å². The van der Waals surface area contributed by atoms with Crippen molar-refractivity contribution >= 4 is 40.4 Å². The van der Waals surface area contributed by atoms with Crippen LogP contribution in [-0.4, -0.2) is 48.0 Å². The third kappa shape index (κ3) is 4.43. The zero-order valence-electron chi connectivity index (χ0n) is 15.0. The summed E-state index contributed by atoms with van der Waals surface area (Å²) in [6.07, 6.45) is 3.20. The molecular weight excluding hydrogens is 403 g/mol. The number of carbonyl (C=O) groups excluding carboxylic acids is 1. The average Bonchev–Trinajstić information content (AvgIpc) is 3.15. The first-order valence-electron chi connectivity index (χ1n) is 9.25. The number of ether oxygens (including phenoxy) is 1. The Labute approximate surface area is 173 Å². The second-order valence-electron chi connectivity index (χ2n) is 7.06. The van der Waals surface area contributed by atoms with Crippen LogP contribution < -0.4 is 4.74 Å². The molecule has 1 aromatic carbocycles. The summed E-state index contributed by atoms with van der Waals surface area (Å²) in [5.74, 6) is 0.502. The standard InChI is InChI=1S/C20H22Cl2N2O2S/c21-15-1-2-18(17(22)11-15)26-13-20(25)23-7-3-16(4-8-23)24-9-5-19-14(12-24)6-10-27-19/h1-2,6,10-11,16H,3-5,7-9,12-13H2. The largest absolute Gasteiger partial charge is 0.482 e. The van der Waals surface area contributed by atoms with Gasteiger partial charge in [-0.3, -0.25) is 9.69 Å². The maximum absolute atomic E-state index is 12.5. The Bertz CT molecular complexity index is 818. The zero-order valence-corrected chi connectivity index (χ0v) is 17.3. The molecular formula is C20H22Cl2N2O2S. The van der Waals surface area contributed by atoms with Crippen molar-refractivity contribution in [1.29, 1.82) is 0 Å². The topological polar surface area (TPSA) is 32.8 Å². The van der Waals surface area contributed by atoms with Crippen molar-refractivity contribution in [2.45, 2.75) is 31.8 Å². The van der Waals surface area contributed by atoms with E-state index in [1.54, 1.807) is 18.2 Å². The van der Waals surface area contributed by atoms with Gasteiger partial charge in [-0.25, -0.2) is 0 Å². The number of nitrogens with zero attached hydrogens (tertiary/aromatic N) is 2. The fourth-order valence-electron chi connectivity index (χ4n) is 3.89. The van der Waals surface area contributed by atoms with E-state index in [4.69, 9.17) is 27.9 Å². The molecule has 1 aromatic heterocycles. The van der Waals surface area contributed by atoms with Gasteiger partial charge < -0.3 is 9.64 Å². The van der Waals surface area contributed by atoms with E-state index in [1.165, 1.54) is 10.4 Å². The van der Waals surface area contributed by atoms with Crippen LogP contribution in [-0.2, 0) is 17.8 Å². The van der Waals surface area contributed by atoms with Crippen molar-refractivity contribution in [3.8, 4) is 5.75 Å². The Balaban J connectivity index is 1.26. The molecule has 7 heteroatoms. The Morgan fingerprint density at radius 1 is 1.19 bits per heavy atom. The highest BCUT2D eigenvalue weighted by Crippen LogP contribution is 2.29. The summed E-state index contributed by atoms with van der Waals surface area (Å²) in [6.45, 7) is 3.76. The number of amides is 1. The van der Waals surface area contributed by atoms with Crippen LogP contribution in [0.5, 0.6) is 5.75 Å². The third-order valence-corrected chi connectivity index (χ3v) is 6.97. The number of hydrogen-bond acceptors (Lipinski definition) is 4. The molecule has 0 radical (unpaired) electrons. The summed E-state index contributed by atoms with van der Waals surface area (Å²) in [4.78, 5) is 18.5. The summed E-state index contributed by atoms with van der Waals surface area (Å²) in [5, 5.41) is 3.17. The molecule has 0 unspecified atom stereocenters. The van der Waals surface area contributed by atoms with Gasteiger partial charge in [-0.2, -0.15) is 0 Å². The number of rotatable bonds is 4. The number of hydrogen-bond donors (Lipinski definition) is 0. The van der Waals surface area contributed by atoms with Gasteiger partial charge in [0.15, 0.2) is 6.61 Å². The second-order valence-corrected chi connectivity index (χ2v) is 8.91. The number of halogens is 2. The molecule has 2 aliphatic heterocycles. The van der Waals surface area contributed by atoms with E-state index in [2.05, 4.69) is 16.3 Å². The Morgan fingerprint density at radius 2 is 2.00 bits per heavy atom. The highest BCUT2D eigenvalue weighted by molar-refractivity contribution is 7.10. The lowest BCUT2D eigenvalue weighted by Crippen LogP contribution is -2.48. The van der Waals surface area contributed by atoms with Crippen LogP contribution in [0.4, 0.5) is 0 Å². The van der Waals surface area contributed by atoms with E-state index in [-0.39, 0.29) is 12.5 Å². The first kappa shape index (κ1) is 19.1. The van der Waals surface area contributed by atoms with Gasteiger partial charge in [0.05, 0.1) is 5.02 Å². The van der Waals surface area contributed by atoms with Gasteiger partial charge in [-0.1, -0.05) is 23.2 Å². The number of thiophene rings is 1. The van der Waals surface area contributed by atoms with Crippen LogP contribution >= 0.6 is 34.5 Å². The van der Waals surface area contributed by atoms with Crippen LogP contribution in [0.15, 0.2) is 29.6 Å². The van der Waals surface area contributed by atoms with Crippen molar-refractivity contribution in [3.63, 3.8) is 0 Å². The monoisotopic (exact) mass is 424 g/mol. The Hall–Kier alpha value is -1.27. The number of benzene rings is 1. The molecule has 0 spiro atoms. The van der Waals surface area contributed by atoms with Gasteiger partial charge in [0.2, 0.25) is 0 Å². The number of likely N-dealkylation sites (tertiary alicyclic amines) is 1. The van der Waals surface area contributed by atoms with E-state index in [0.717, 1.165) is 45.4 Å². The van der Waals surface area contributed by atoms with Gasteiger partial charge in [0.25, 0.3) is 5.91 Å². The molecule has 1 fully saturated rings. The van der Waals surface area contributed by atoms with Crippen LogP contribution in [0.3, 0.4) is 0 Å². The van der Waals surface area contributed by atoms with Crippen LogP contribution in [0, 0.1) is 0 Å². The molecule has 1 amide bonds. The minimum Gasteiger partial charge on any atom is -0.482 e. The molecule has 0 N–H and O–H groups in total. The molecule has 0 aliphatic carbocycles. The fourth-order valence-corrected chi connectivity index (χ4v) is 5.24. The zero-order chi connectivity index (χ0) is 18.8. The van der Waals surface area contributed by atoms with Crippen LogP contribution in [0.2, 0.25) is 10.0 Å². The summed E-state index contributed by atoms with van der Waals surface area (Å²) >= 11 is 13.8. The quantitative estimate of drug-likeness (QED) is 0.724. The van der Waals surface area contributed by atoms with E-state index >= 15 is 0 Å². The first-order chi connectivity index (χ1) is 13.1. The fraction of sp³-hybridized carbons (Fsp3) is 0.450. The SMILES string of the molecule is O=C(COc1ccc(Cl)cc1Cl)N1CCC(N2CCc3sccc3C2)CC1. The maximum atomic E-state index is 12.5. The Kier molecular flexibility index (Phi) is 5.93. The van der Waals surface area contributed by atoms with Crippen molar-refractivity contribution in [1.82, 2.24) is 9.80 Å². The number of carbonyl (C=O) groups is 1. The normalized spacial score (nSPS) is 18.4. The molecule has 0 saturated carbocycles. The molecule has 1 saturated heterocycles. The van der Waals surface area contributed by atoms with Gasteiger partial charge in [-0.15, -0.1) is 11.3 Å². The van der Waals surface area contributed by atoms with Crippen molar-refractivity contribution < 1.29 is 9.53 Å². The third-order valence-electron chi connectivity index (χ3n) is 5.42. The van der Waals surface area contributed by atoms with Gasteiger partial charge in [0, 0.05) is 42.1 Å². The summed E-state index contributed by atoms with van der Waals surface area (Å²) in [6, 6.07) is 7.83. The van der Waals surface area contributed by atoms with Gasteiger partial charge in [-0.05, 0) is 54.5 Å². The minimum atomic E-state index is 0.00793. The highest BCUT2D eigenvalue weighted by atomic mass is 35.5. The van der Waals surface area contributed by atoms with Crippen molar-refractivity contribution in [2.75, 3.05) is 26.2 Å². The lowest BCUT2D eigenvalue weighted by Gasteiger charge is -2.40.